The molecule has 0 saturated carbocycles. The van der Waals surface area contributed by atoms with Gasteiger partial charge in [-0.1, -0.05) is 27.2 Å². The molecule has 1 unspecified atom stereocenters. The Hall–Kier alpha value is -2.83. The number of halogens is 3. The van der Waals surface area contributed by atoms with Crippen LogP contribution < -0.4 is 26.6 Å². The first kappa shape index (κ1) is 31.2. The van der Waals surface area contributed by atoms with Crippen molar-refractivity contribution in [2.45, 2.75) is 43.2 Å². The number of nitrogens with one attached hydrogen (secondary N) is 2. The fourth-order valence-electron chi connectivity index (χ4n) is 2.97. The number of hydrogen-bond donors (Lipinski definition) is 5. The van der Waals surface area contributed by atoms with Gasteiger partial charge in [0.2, 0.25) is 20.0 Å². The van der Waals surface area contributed by atoms with Crippen molar-refractivity contribution in [2.24, 2.45) is 27.9 Å². The lowest BCUT2D eigenvalue weighted by molar-refractivity contribution is -0.139. The molecular formula is C18H28F3N5O8S2. The number of ether oxygens (including phenoxy) is 2. The van der Waals surface area contributed by atoms with E-state index in [1.54, 1.807) is 0 Å². The summed E-state index contributed by atoms with van der Waals surface area (Å²) in [6.07, 6.45) is -5.81. The first-order valence-electron chi connectivity index (χ1n) is 10.1. The van der Waals surface area contributed by atoms with Crippen LogP contribution >= 0.6 is 0 Å². The molecule has 0 aromatic heterocycles. The number of fused-ring (bicyclic) bond motifs is 1. The van der Waals surface area contributed by atoms with Crippen molar-refractivity contribution in [3.05, 3.63) is 17.7 Å². The number of hydrogen-bond acceptors (Lipinski definition) is 9. The smallest absolute Gasteiger partial charge is 0.417 e. The number of carbonyl (C=O) groups is 2. The summed E-state index contributed by atoms with van der Waals surface area (Å²) in [6.45, 7) is 5.73. The molecule has 13 nitrogen and oxygen atoms in total. The van der Waals surface area contributed by atoms with Crippen LogP contribution in [0.1, 0.15) is 32.8 Å². The molecule has 1 heterocycles. The molecule has 0 saturated heterocycles. The van der Waals surface area contributed by atoms with Crippen molar-refractivity contribution in [2.75, 3.05) is 25.2 Å². The summed E-state index contributed by atoms with van der Waals surface area (Å²) in [6, 6.07) is 0.801. The van der Waals surface area contributed by atoms with Gasteiger partial charge in [0.1, 0.15) is 18.1 Å². The Morgan fingerprint density at radius 2 is 1.64 bits per heavy atom. The van der Waals surface area contributed by atoms with Crippen molar-refractivity contribution in [3.8, 4) is 0 Å². The van der Waals surface area contributed by atoms with Crippen molar-refractivity contribution in [3.63, 3.8) is 0 Å². The third kappa shape index (κ3) is 8.38. The molecule has 8 N–H and O–H groups in total. The molecule has 0 fully saturated rings. The molecule has 0 spiro atoms. The molecule has 1 aliphatic heterocycles. The fourth-order valence-corrected chi connectivity index (χ4v) is 4.92. The third-order valence-electron chi connectivity index (χ3n) is 5.41. The summed E-state index contributed by atoms with van der Waals surface area (Å²) in [5.41, 5.74) is 7.47. The minimum absolute atomic E-state index is 0.102. The van der Waals surface area contributed by atoms with Crippen LogP contribution in [-0.4, -0.2) is 48.9 Å². The maximum Gasteiger partial charge on any atom is 0.417 e. The Morgan fingerprint density at radius 1 is 1.14 bits per heavy atom. The van der Waals surface area contributed by atoms with E-state index < -0.39 is 59.2 Å². The summed E-state index contributed by atoms with van der Waals surface area (Å²) >= 11 is 0. The Kier molecular flexibility index (Phi) is 9.95. The molecule has 1 aliphatic rings. The van der Waals surface area contributed by atoms with Crippen molar-refractivity contribution < 1.29 is 49.1 Å². The molecular weight excluding hydrogens is 535 g/mol. The summed E-state index contributed by atoms with van der Waals surface area (Å²) in [7, 11) is -8.83. The quantitative estimate of drug-likeness (QED) is 0.321. The largest absolute Gasteiger partial charge is 0.449 e. The van der Waals surface area contributed by atoms with Crippen LogP contribution in [0.3, 0.4) is 0 Å². The van der Waals surface area contributed by atoms with E-state index in [0.717, 1.165) is 6.42 Å². The third-order valence-corrected chi connectivity index (χ3v) is 7.81. The average molecular weight is 564 g/mol. The second kappa shape index (κ2) is 11.5. The van der Waals surface area contributed by atoms with Gasteiger partial charge in [-0.3, -0.25) is 0 Å². The Labute approximate surface area is 205 Å². The van der Waals surface area contributed by atoms with Gasteiger partial charge in [-0.2, -0.15) is 17.9 Å². The molecule has 0 radical (unpaired) electrons. The Morgan fingerprint density at radius 3 is 2.03 bits per heavy atom. The second-order valence-electron chi connectivity index (χ2n) is 8.07. The maximum absolute atomic E-state index is 12.8. The number of anilines is 1. The standard InChI is InChI=1S/C10H20N2O4.C8H8F3N3O4S2/c1-4-7(2)10(3,5-15-8(11)13)6-16-9(12)14;9-8(10,11)4-1-5-7(2-6(4)19(12,15)16)20(17,18)14-3-13-5/h7H,4-6H2,1-3H3,(H2,11,13)(H2,12,14);1-2,13-14H,3H2,(H2,12,15,16). The second-order valence-corrected chi connectivity index (χ2v) is 11.3. The molecule has 1 aromatic carbocycles. The van der Waals surface area contributed by atoms with E-state index in [1.807, 2.05) is 25.5 Å². The van der Waals surface area contributed by atoms with E-state index >= 15 is 0 Å². The molecule has 1 aromatic rings. The van der Waals surface area contributed by atoms with E-state index in [9.17, 15) is 39.6 Å². The zero-order valence-corrected chi connectivity index (χ0v) is 21.1. The van der Waals surface area contributed by atoms with E-state index in [2.05, 4.69) is 5.32 Å². The number of sulfonamides is 2. The SMILES string of the molecule is CCC(C)C(C)(COC(N)=O)COC(N)=O.NS(=O)(=O)c1cc2c(cc1C(F)(F)F)NCNS2(=O)=O. The van der Waals surface area contributed by atoms with Crippen LogP contribution in [0.2, 0.25) is 0 Å². The minimum Gasteiger partial charge on any atom is -0.449 e. The van der Waals surface area contributed by atoms with Crippen LogP contribution in [0.25, 0.3) is 0 Å². The van der Waals surface area contributed by atoms with Crippen LogP contribution in [0.4, 0.5) is 28.4 Å². The fraction of sp³-hybridized carbons (Fsp3) is 0.556. The number of benzene rings is 1. The van der Waals surface area contributed by atoms with Crippen molar-refractivity contribution >= 4 is 37.9 Å². The average Bonchev–Trinajstić information content (AvgIpc) is 2.74. The monoisotopic (exact) mass is 563 g/mol. The van der Waals surface area contributed by atoms with Gasteiger partial charge in [-0.25, -0.2) is 31.6 Å². The first-order valence-corrected chi connectivity index (χ1v) is 13.1. The van der Waals surface area contributed by atoms with Crippen molar-refractivity contribution in [1.29, 1.82) is 0 Å². The van der Waals surface area contributed by atoms with Gasteiger partial charge < -0.3 is 26.3 Å². The number of amides is 2. The number of primary sulfonamides is 1. The molecule has 2 amide bonds. The molecule has 0 bridgehead atoms. The van der Waals surface area contributed by atoms with E-state index in [0.29, 0.717) is 12.1 Å². The summed E-state index contributed by atoms with van der Waals surface area (Å²) in [4.78, 5) is 19.2. The Balaban J connectivity index is 0.000000371. The highest BCUT2D eigenvalue weighted by molar-refractivity contribution is 7.90. The van der Waals surface area contributed by atoms with Crippen LogP contribution in [0.15, 0.2) is 21.9 Å². The summed E-state index contributed by atoms with van der Waals surface area (Å²) in [5.74, 6) is 0.200. The first-order chi connectivity index (χ1) is 16.2. The highest BCUT2D eigenvalue weighted by atomic mass is 32.2. The van der Waals surface area contributed by atoms with Gasteiger partial charge in [0, 0.05) is 5.41 Å². The number of carbonyl (C=O) groups excluding carboxylic acids is 2. The van der Waals surface area contributed by atoms with E-state index in [4.69, 9.17) is 26.1 Å². The van der Waals surface area contributed by atoms with Gasteiger partial charge in [0.15, 0.2) is 0 Å². The van der Waals surface area contributed by atoms with Gasteiger partial charge in [0.25, 0.3) is 0 Å². The zero-order valence-electron chi connectivity index (χ0n) is 19.5. The van der Waals surface area contributed by atoms with Gasteiger partial charge in [-0.15, -0.1) is 0 Å². The lowest BCUT2D eigenvalue weighted by atomic mass is 9.78. The van der Waals surface area contributed by atoms with Gasteiger partial charge in [-0.05, 0) is 18.1 Å². The summed E-state index contributed by atoms with van der Waals surface area (Å²) in [5, 5.41) is 7.10. The number of primary amides is 2. The molecule has 206 valence electrons. The molecule has 36 heavy (non-hydrogen) atoms. The molecule has 18 heteroatoms. The number of nitrogens with two attached hydrogens (primary N) is 3. The van der Waals surface area contributed by atoms with E-state index in [1.165, 1.54) is 0 Å². The molecule has 1 atom stereocenters. The number of rotatable bonds is 7. The van der Waals surface area contributed by atoms with Gasteiger partial charge in [0.05, 0.1) is 22.8 Å². The molecule has 2 rings (SSSR count). The van der Waals surface area contributed by atoms with Gasteiger partial charge >= 0.3 is 18.4 Å². The van der Waals surface area contributed by atoms with Crippen LogP contribution in [-0.2, 0) is 35.7 Å². The van der Waals surface area contributed by atoms with E-state index in [-0.39, 0.29) is 31.5 Å². The van der Waals surface area contributed by atoms with Crippen molar-refractivity contribution in [1.82, 2.24) is 4.72 Å². The lowest BCUT2D eigenvalue weighted by Crippen LogP contribution is -2.38. The maximum atomic E-state index is 12.8. The predicted molar refractivity (Wildman–Crippen MR) is 120 cm³/mol. The number of alkyl halides is 3. The Bertz CT molecular complexity index is 1170. The zero-order chi connectivity index (χ0) is 28.1. The molecule has 0 aliphatic carbocycles. The van der Waals surface area contributed by atoms with Crippen LogP contribution in [0, 0.1) is 11.3 Å². The normalized spacial score (nSPS) is 15.9. The topological polar surface area (TPSA) is 223 Å². The highest BCUT2D eigenvalue weighted by Gasteiger charge is 2.39. The highest BCUT2D eigenvalue weighted by Crippen LogP contribution is 2.39. The lowest BCUT2D eigenvalue weighted by Gasteiger charge is -2.33. The minimum atomic E-state index is -4.99. The van der Waals surface area contributed by atoms with Crippen LogP contribution in [0.5, 0.6) is 0 Å². The predicted octanol–water partition coefficient (Wildman–Crippen LogP) is 1.24. The summed E-state index contributed by atoms with van der Waals surface area (Å²) < 4.78 is 95.8.